The van der Waals surface area contributed by atoms with Gasteiger partial charge in [0.15, 0.2) is 0 Å². The molecule has 1 amide bonds. The van der Waals surface area contributed by atoms with Crippen LogP contribution in [-0.2, 0) is 38.2 Å². The Labute approximate surface area is 190 Å². The second kappa shape index (κ2) is 18.1. The van der Waals surface area contributed by atoms with Crippen molar-refractivity contribution in [3.63, 3.8) is 0 Å². The van der Waals surface area contributed by atoms with Crippen LogP contribution < -0.4 is 5.32 Å². The fourth-order valence-electron chi connectivity index (χ4n) is 1.94. The maximum absolute atomic E-state index is 11.6. The Kier molecular flexibility index (Phi) is 17.9. The molecule has 9 heteroatoms. The first-order chi connectivity index (χ1) is 14.8. The molecule has 0 unspecified atom stereocenters. The highest BCUT2D eigenvalue weighted by molar-refractivity contribution is 6.03. The molecule has 182 valence electrons. The van der Waals surface area contributed by atoms with Crippen LogP contribution in [0.2, 0.25) is 0 Å². The number of carbonyl (C=O) groups excluding carboxylic acids is 5. The van der Waals surface area contributed by atoms with Crippen molar-refractivity contribution in [3.8, 4) is 11.8 Å². The van der Waals surface area contributed by atoms with Crippen LogP contribution >= 0.6 is 0 Å². The summed E-state index contributed by atoms with van der Waals surface area (Å²) in [5.74, 6) is 3.45. The number of ether oxygens (including phenoxy) is 3. The molecule has 0 spiro atoms. The number of amides is 1. The molecule has 0 aromatic carbocycles. The molecule has 0 heterocycles. The lowest BCUT2D eigenvalue weighted by atomic mass is 9.93. The molecule has 0 aliphatic heterocycles. The van der Waals surface area contributed by atoms with Gasteiger partial charge in [-0.05, 0) is 44.9 Å². The molecule has 0 saturated carbocycles. The van der Waals surface area contributed by atoms with Crippen LogP contribution in [0.25, 0.3) is 0 Å². The Morgan fingerprint density at radius 2 is 1.41 bits per heavy atom. The van der Waals surface area contributed by atoms with E-state index in [0.717, 1.165) is 6.42 Å². The summed E-state index contributed by atoms with van der Waals surface area (Å²) in [4.78, 5) is 50.9. The first-order valence-corrected chi connectivity index (χ1v) is 10.5. The molecule has 0 radical (unpaired) electrons. The molecule has 0 aromatic heterocycles. The molecular weight excluding hydrogens is 418 g/mol. The van der Waals surface area contributed by atoms with Crippen molar-refractivity contribution in [3.05, 3.63) is 0 Å². The molecule has 0 aromatic rings. The fraction of sp³-hybridized carbons (Fsp3) is 0.739. The molecule has 0 bridgehead atoms. The molecule has 0 aliphatic rings. The molecule has 32 heavy (non-hydrogen) atoms. The second-order valence-electron chi connectivity index (χ2n) is 8.99. The Hall–Kier alpha value is -2.53. The normalized spacial score (nSPS) is 10.6. The van der Waals surface area contributed by atoms with Gasteiger partial charge in [-0.3, -0.25) is 14.4 Å². The van der Waals surface area contributed by atoms with E-state index >= 15 is 0 Å². The number of nitrogens with one attached hydrogen (secondary N) is 1. The number of esters is 1. The van der Waals surface area contributed by atoms with Crippen LogP contribution in [0.3, 0.4) is 0 Å². The molecule has 0 fully saturated rings. The molecule has 0 atom stereocenters. The van der Waals surface area contributed by atoms with E-state index in [9.17, 15) is 14.4 Å². The van der Waals surface area contributed by atoms with Crippen LogP contribution in [-0.4, -0.2) is 62.4 Å². The molecule has 9 nitrogen and oxygen atoms in total. The van der Waals surface area contributed by atoms with E-state index in [1.54, 1.807) is 20.8 Å². The third kappa shape index (κ3) is 27.5. The number of rotatable bonds is 12. The monoisotopic (exact) mass is 455 g/mol. The van der Waals surface area contributed by atoms with Gasteiger partial charge in [-0.25, -0.2) is 0 Å². The quantitative estimate of drug-likeness (QED) is 0.205. The van der Waals surface area contributed by atoms with Crippen molar-refractivity contribution in [2.24, 2.45) is 5.41 Å². The Bertz CT molecular complexity index is 656. The average molecular weight is 456 g/mol. The van der Waals surface area contributed by atoms with Gasteiger partial charge >= 0.3 is 12.1 Å². The summed E-state index contributed by atoms with van der Waals surface area (Å²) in [6.07, 6.45) is 2.22. The number of Topliss-reactive ketones (excluding diaryl/α,β-unsaturated/α-hetero) is 1. The largest absolute Gasteiger partial charge is 0.460 e. The lowest BCUT2D eigenvalue weighted by Gasteiger charge is -2.19. The zero-order valence-corrected chi connectivity index (χ0v) is 20.1. The van der Waals surface area contributed by atoms with E-state index in [-0.39, 0.29) is 55.9 Å². The summed E-state index contributed by atoms with van der Waals surface area (Å²) in [5.41, 5.74) is -0.280. The summed E-state index contributed by atoms with van der Waals surface area (Å²) in [5, 5.41) is 2.53. The standard InChI is InChI=1S/C22H37NO6.CO2/c1-21(2,3)12-16-27-14-7-8-18(24)9-10-19(25)23-13-17-28-15-11-20(26)29-22(4,5)6;2-1-3/h7-8,11-17H2,1-6H3,(H,23,25);. The van der Waals surface area contributed by atoms with Gasteiger partial charge in [0.25, 0.3) is 5.91 Å². The topological polar surface area (TPSA) is 125 Å². The van der Waals surface area contributed by atoms with Crippen molar-refractivity contribution in [1.29, 1.82) is 0 Å². The minimum atomic E-state index is -0.532. The van der Waals surface area contributed by atoms with Crippen molar-refractivity contribution < 1.29 is 38.2 Å². The van der Waals surface area contributed by atoms with Gasteiger partial charge in [0, 0.05) is 32.1 Å². The van der Waals surface area contributed by atoms with E-state index < -0.39 is 11.5 Å². The second-order valence-corrected chi connectivity index (χ2v) is 8.99. The van der Waals surface area contributed by atoms with Crippen molar-refractivity contribution >= 4 is 23.8 Å². The van der Waals surface area contributed by atoms with Crippen LogP contribution in [0, 0.1) is 17.3 Å². The molecule has 0 aliphatic carbocycles. The van der Waals surface area contributed by atoms with E-state index in [4.69, 9.17) is 23.8 Å². The van der Waals surface area contributed by atoms with Gasteiger partial charge in [-0.2, -0.15) is 9.59 Å². The lowest BCUT2D eigenvalue weighted by molar-refractivity contribution is -0.191. The summed E-state index contributed by atoms with van der Waals surface area (Å²) >= 11 is 0. The lowest BCUT2D eigenvalue weighted by Crippen LogP contribution is -2.27. The van der Waals surface area contributed by atoms with Crippen LogP contribution in [0.5, 0.6) is 0 Å². The zero-order chi connectivity index (χ0) is 25.0. The summed E-state index contributed by atoms with van der Waals surface area (Å²) in [6, 6.07) is 0. The molecular formula is C23H37NO8. The highest BCUT2D eigenvalue weighted by Gasteiger charge is 2.15. The Balaban J connectivity index is 0. The van der Waals surface area contributed by atoms with Crippen LogP contribution in [0.15, 0.2) is 0 Å². The highest BCUT2D eigenvalue weighted by atomic mass is 16.6. The average Bonchev–Trinajstić information content (AvgIpc) is 2.64. The number of hydrogen-bond donors (Lipinski definition) is 1. The summed E-state index contributed by atoms with van der Waals surface area (Å²) < 4.78 is 15.9. The SMILES string of the molecule is CC(C)(C)CCOCCCC(=O)C#CC(=O)NCCOCCC(=O)OC(C)(C)C.O=C=O. The van der Waals surface area contributed by atoms with Gasteiger partial charge in [0.05, 0.1) is 19.6 Å². The van der Waals surface area contributed by atoms with Crippen LogP contribution in [0.4, 0.5) is 0 Å². The Morgan fingerprint density at radius 3 is 1.97 bits per heavy atom. The maximum atomic E-state index is 11.6. The minimum absolute atomic E-state index is 0.152. The van der Waals surface area contributed by atoms with Crippen LogP contribution in [0.1, 0.15) is 67.2 Å². The summed E-state index contributed by atoms with van der Waals surface area (Å²) in [7, 11) is 0. The predicted octanol–water partition coefficient (Wildman–Crippen LogP) is 2.07. The minimum Gasteiger partial charge on any atom is -0.460 e. The molecule has 0 saturated heterocycles. The molecule has 0 rings (SSSR count). The van der Waals surface area contributed by atoms with Crippen molar-refractivity contribution in [2.75, 3.05) is 33.0 Å². The van der Waals surface area contributed by atoms with E-state index in [0.29, 0.717) is 19.6 Å². The van der Waals surface area contributed by atoms with E-state index in [2.05, 4.69) is 37.9 Å². The Morgan fingerprint density at radius 1 is 0.812 bits per heavy atom. The first-order valence-electron chi connectivity index (χ1n) is 10.5. The van der Waals surface area contributed by atoms with Crippen molar-refractivity contribution in [2.45, 2.75) is 72.8 Å². The molecule has 1 N–H and O–H groups in total. The number of ketones is 1. The highest BCUT2D eigenvalue weighted by Crippen LogP contribution is 2.17. The van der Waals surface area contributed by atoms with Gasteiger partial charge in [-0.1, -0.05) is 20.8 Å². The number of carbonyl (C=O) groups is 3. The van der Waals surface area contributed by atoms with E-state index in [1.165, 1.54) is 0 Å². The smallest absolute Gasteiger partial charge is 0.373 e. The zero-order valence-electron chi connectivity index (χ0n) is 20.1. The van der Waals surface area contributed by atoms with Crippen molar-refractivity contribution in [1.82, 2.24) is 5.32 Å². The van der Waals surface area contributed by atoms with Gasteiger partial charge < -0.3 is 19.5 Å². The fourth-order valence-corrected chi connectivity index (χ4v) is 1.94. The predicted molar refractivity (Wildman–Crippen MR) is 116 cm³/mol. The van der Waals surface area contributed by atoms with E-state index in [1.807, 2.05) is 0 Å². The van der Waals surface area contributed by atoms with Gasteiger partial charge in [-0.15, -0.1) is 0 Å². The third-order valence-corrected chi connectivity index (χ3v) is 3.41. The summed E-state index contributed by atoms with van der Waals surface area (Å²) in [6.45, 7) is 13.7. The first kappa shape index (κ1) is 31.7. The van der Waals surface area contributed by atoms with Gasteiger partial charge in [0.2, 0.25) is 5.78 Å². The maximum Gasteiger partial charge on any atom is 0.373 e. The number of hydrogen-bond acceptors (Lipinski definition) is 8. The van der Waals surface area contributed by atoms with Gasteiger partial charge in [0.1, 0.15) is 5.60 Å². The third-order valence-electron chi connectivity index (χ3n) is 3.41.